The zero-order valence-corrected chi connectivity index (χ0v) is 9.30. The van der Waals surface area contributed by atoms with Crippen molar-refractivity contribution in [3.63, 3.8) is 0 Å². The second kappa shape index (κ2) is 4.78. The van der Waals surface area contributed by atoms with E-state index in [1.165, 1.54) is 0 Å². The Morgan fingerprint density at radius 1 is 1.50 bits per heavy atom. The third-order valence-corrected chi connectivity index (χ3v) is 2.27. The lowest BCUT2D eigenvalue weighted by atomic mass is 9.97. The highest BCUT2D eigenvalue weighted by Gasteiger charge is 2.19. The average molecular weight is 214 g/mol. The minimum Gasteiger partial charge on any atom is -0.389 e. The number of hydrogen-bond donors (Lipinski definition) is 2. The summed E-state index contributed by atoms with van der Waals surface area (Å²) in [5, 5.41) is 13.6. The highest BCUT2D eigenvalue weighted by molar-refractivity contribution is 6.30. The van der Waals surface area contributed by atoms with Crippen molar-refractivity contribution in [1.29, 1.82) is 0 Å². The largest absolute Gasteiger partial charge is 0.389 e. The maximum atomic E-state index is 9.95. The Labute approximate surface area is 89.9 Å². The van der Waals surface area contributed by atoms with Gasteiger partial charge in [-0.3, -0.25) is 0 Å². The van der Waals surface area contributed by atoms with Gasteiger partial charge in [0.2, 0.25) is 0 Å². The summed E-state index contributed by atoms with van der Waals surface area (Å²) in [6.07, 6.45) is 0.606. The lowest BCUT2D eigenvalue weighted by molar-refractivity contribution is 0.0623. The lowest BCUT2D eigenvalue weighted by Crippen LogP contribution is -2.38. The molecule has 0 bridgehead atoms. The van der Waals surface area contributed by atoms with Crippen molar-refractivity contribution in [2.24, 2.45) is 0 Å². The molecule has 0 aliphatic rings. The zero-order valence-electron chi connectivity index (χ0n) is 8.55. The average Bonchev–Trinajstić information content (AvgIpc) is 2.02. The maximum absolute atomic E-state index is 9.95. The molecule has 78 valence electrons. The fraction of sp³-hybridized carbons (Fsp3) is 0.455. The Bertz CT molecular complexity index is 299. The molecule has 1 aromatic rings. The minimum atomic E-state index is -0.723. The Kier molecular flexibility index (Phi) is 3.93. The molecule has 2 nitrogen and oxygen atoms in total. The first kappa shape index (κ1) is 11.5. The first-order valence-corrected chi connectivity index (χ1v) is 5.03. The Balaban J connectivity index is 2.68. The van der Waals surface area contributed by atoms with Gasteiger partial charge in [0.05, 0.1) is 5.60 Å². The van der Waals surface area contributed by atoms with Crippen molar-refractivity contribution >= 4 is 11.6 Å². The van der Waals surface area contributed by atoms with Crippen molar-refractivity contribution in [2.45, 2.75) is 18.9 Å². The SMILES string of the molecule is CNCC(C)(O)Cc1cccc(Cl)c1. The standard InChI is InChI=1S/C11H16ClNO/c1-11(14,8-13-2)7-9-4-3-5-10(12)6-9/h3-6,13-14H,7-8H2,1-2H3. The van der Waals surface area contributed by atoms with Crippen LogP contribution in [0, 0.1) is 0 Å². The van der Waals surface area contributed by atoms with Gasteiger partial charge in [0.25, 0.3) is 0 Å². The van der Waals surface area contributed by atoms with E-state index in [1.807, 2.05) is 38.2 Å². The predicted molar refractivity (Wildman–Crippen MR) is 59.7 cm³/mol. The Morgan fingerprint density at radius 3 is 2.79 bits per heavy atom. The molecule has 0 fully saturated rings. The number of nitrogens with one attached hydrogen (secondary N) is 1. The van der Waals surface area contributed by atoms with Gasteiger partial charge in [-0.2, -0.15) is 0 Å². The Morgan fingerprint density at radius 2 is 2.21 bits per heavy atom. The van der Waals surface area contributed by atoms with E-state index in [0.29, 0.717) is 18.0 Å². The van der Waals surface area contributed by atoms with Gasteiger partial charge in [0, 0.05) is 18.0 Å². The highest BCUT2D eigenvalue weighted by atomic mass is 35.5. The summed E-state index contributed by atoms with van der Waals surface area (Å²) in [5.41, 5.74) is 0.331. The molecule has 0 saturated heterocycles. The number of likely N-dealkylation sites (N-methyl/N-ethyl adjacent to an activating group) is 1. The van der Waals surface area contributed by atoms with E-state index in [1.54, 1.807) is 0 Å². The van der Waals surface area contributed by atoms with Crippen LogP contribution in [0.4, 0.5) is 0 Å². The van der Waals surface area contributed by atoms with Crippen LogP contribution in [0.2, 0.25) is 5.02 Å². The van der Waals surface area contributed by atoms with Crippen LogP contribution in [0.25, 0.3) is 0 Å². The smallest absolute Gasteiger partial charge is 0.0783 e. The van der Waals surface area contributed by atoms with Gasteiger partial charge in [0.15, 0.2) is 0 Å². The molecule has 0 radical (unpaired) electrons. The van der Waals surface area contributed by atoms with Gasteiger partial charge in [-0.25, -0.2) is 0 Å². The third kappa shape index (κ3) is 3.66. The van der Waals surface area contributed by atoms with Crippen LogP contribution < -0.4 is 5.32 Å². The normalized spacial score (nSPS) is 15.1. The number of aliphatic hydroxyl groups is 1. The summed E-state index contributed by atoms with van der Waals surface area (Å²) in [7, 11) is 1.83. The van der Waals surface area contributed by atoms with Crippen molar-refractivity contribution < 1.29 is 5.11 Å². The molecule has 0 spiro atoms. The van der Waals surface area contributed by atoms with Crippen molar-refractivity contribution in [2.75, 3.05) is 13.6 Å². The molecule has 0 amide bonds. The molecule has 1 unspecified atom stereocenters. The number of halogens is 1. The third-order valence-electron chi connectivity index (χ3n) is 2.03. The minimum absolute atomic E-state index is 0.569. The molecular formula is C11H16ClNO. The zero-order chi connectivity index (χ0) is 10.6. The van der Waals surface area contributed by atoms with Crippen LogP contribution in [-0.4, -0.2) is 24.3 Å². The molecule has 0 aliphatic carbocycles. The van der Waals surface area contributed by atoms with Crippen molar-refractivity contribution in [3.05, 3.63) is 34.9 Å². The van der Waals surface area contributed by atoms with E-state index in [-0.39, 0.29) is 0 Å². The van der Waals surface area contributed by atoms with E-state index in [2.05, 4.69) is 5.32 Å². The maximum Gasteiger partial charge on any atom is 0.0783 e. The van der Waals surface area contributed by atoms with E-state index in [4.69, 9.17) is 11.6 Å². The highest BCUT2D eigenvalue weighted by Crippen LogP contribution is 2.16. The summed E-state index contributed by atoms with van der Waals surface area (Å²) in [6, 6.07) is 7.58. The molecule has 3 heteroatoms. The topological polar surface area (TPSA) is 32.3 Å². The molecule has 0 aliphatic heterocycles. The van der Waals surface area contributed by atoms with Crippen LogP contribution in [0.3, 0.4) is 0 Å². The van der Waals surface area contributed by atoms with Gasteiger partial charge >= 0.3 is 0 Å². The van der Waals surface area contributed by atoms with Gasteiger partial charge in [0.1, 0.15) is 0 Å². The molecule has 0 saturated carbocycles. The van der Waals surface area contributed by atoms with Crippen LogP contribution >= 0.6 is 11.6 Å². The monoisotopic (exact) mass is 213 g/mol. The van der Waals surface area contributed by atoms with E-state index >= 15 is 0 Å². The summed E-state index contributed by atoms with van der Waals surface area (Å²) in [4.78, 5) is 0. The molecule has 14 heavy (non-hydrogen) atoms. The summed E-state index contributed by atoms with van der Waals surface area (Å²) in [5.74, 6) is 0. The van der Waals surface area contributed by atoms with Gasteiger partial charge in [-0.05, 0) is 31.7 Å². The van der Waals surface area contributed by atoms with Crippen LogP contribution in [-0.2, 0) is 6.42 Å². The van der Waals surface area contributed by atoms with Gasteiger partial charge < -0.3 is 10.4 Å². The van der Waals surface area contributed by atoms with Crippen LogP contribution in [0.15, 0.2) is 24.3 Å². The van der Waals surface area contributed by atoms with Crippen molar-refractivity contribution in [1.82, 2.24) is 5.32 Å². The molecule has 1 aromatic carbocycles. The number of rotatable bonds is 4. The fourth-order valence-corrected chi connectivity index (χ4v) is 1.74. The van der Waals surface area contributed by atoms with Crippen molar-refractivity contribution in [3.8, 4) is 0 Å². The molecule has 0 heterocycles. The molecule has 0 aromatic heterocycles. The van der Waals surface area contributed by atoms with Crippen LogP contribution in [0.1, 0.15) is 12.5 Å². The van der Waals surface area contributed by atoms with E-state index < -0.39 is 5.60 Å². The number of benzene rings is 1. The fourth-order valence-electron chi connectivity index (χ4n) is 1.53. The van der Waals surface area contributed by atoms with Gasteiger partial charge in [-0.15, -0.1) is 0 Å². The first-order valence-electron chi connectivity index (χ1n) is 4.65. The van der Waals surface area contributed by atoms with E-state index in [0.717, 1.165) is 5.56 Å². The molecule has 2 N–H and O–H groups in total. The van der Waals surface area contributed by atoms with Crippen LogP contribution in [0.5, 0.6) is 0 Å². The van der Waals surface area contributed by atoms with E-state index in [9.17, 15) is 5.11 Å². The molecule has 1 rings (SSSR count). The molecule has 1 atom stereocenters. The summed E-state index contributed by atoms with van der Waals surface area (Å²) in [6.45, 7) is 2.38. The lowest BCUT2D eigenvalue weighted by Gasteiger charge is -2.22. The summed E-state index contributed by atoms with van der Waals surface area (Å²) < 4.78 is 0. The first-order chi connectivity index (χ1) is 6.53. The quantitative estimate of drug-likeness (QED) is 0.800. The second-order valence-corrected chi connectivity index (χ2v) is 4.27. The number of hydrogen-bond acceptors (Lipinski definition) is 2. The predicted octanol–water partition coefficient (Wildman–Crippen LogP) is 1.85. The van der Waals surface area contributed by atoms with Gasteiger partial charge in [-0.1, -0.05) is 23.7 Å². The summed E-state index contributed by atoms with van der Waals surface area (Å²) >= 11 is 5.85. The molecular weight excluding hydrogens is 198 g/mol. The second-order valence-electron chi connectivity index (χ2n) is 3.83. The Hall–Kier alpha value is -0.570.